The second kappa shape index (κ2) is 10.1. The summed E-state index contributed by atoms with van der Waals surface area (Å²) in [4.78, 5) is 0. The Labute approximate surface area is 174 Å². The van der Waals surface area contributed by atoms with E-state index >= 15 is 0 Å². The molecule has 0 unspecified atom stereocenters. The van der Waals surface area contributed by atoms with Crippen molar-refractivity contribution in [2.75, 3.05) is 25.0 Å². The minimum absolute atomic E-state index is 0.396. The van der Waals surface area contributed by atoms with E-state index in [9.17, 15) is 5.11 Å². The summed E-state index contributed by atoms with van der Waals surface area (Å²) in [7, 11) is 0. The molecule has 29 heavy (non-hydrogen) atoms. The monoisotopic (exact) mass is 388 g/mol. The first kappa shape index (κ1) is 20.9. The number of hydrogen-bond acceptors (Lipinski definition) is 3. The molecule has 3 heteroatoms. The third-order valence-corrected chi connectivity index (χ3v) is 5.19. The van der Waals surface area contributed by atoms with Gasteiger partial charge < -0.3 is 15.7 Å². The van der Waals surface area contributed by atoms with E-state index in [1.807, 2.05) is 30.3 Å². The summed E-state index contributed by atoms with van der Waals surface area (Å²) in [6.45, 7) is 9.11. The van der Waals surface area contributed by atoms with E-state index in [1.165, 1.54) is 16.8 Å². The van der Waals surface area contributed by atoms with Gasteiger partial charge in [-0.15, -0.1) is 0 Å². The van der Waals surface area contributed by atoms with E-state index < -0.39 is 0 Å². The first-order valence-corrected chi connectivity index (χ1v) is 10.5. The van der Waals surface area contributed by atoms with Crippen molar-refractivity contribution in [2.24, 2.45) is 0 Å². The highest BCUT2D eigenvalue weighted by molar-refractivity contribution is 5.72. The molecule has 3 nitrogen and oxygen atoms in total. The number of para-hydroxylation sites is 1. The van der Waals surface area contributed by atoms with Gasteiger partial charge in [-0.25, -0.2) is 0 Å². The van der Waals surface area contributed by atoms with Gasteiger partial charge in [-0.1, -0.05) is 68.4 Å². The number of hydrogen-bond donors (Lipinski definition) is 3. The Kier molecular flexibility index (Phi) is 7.31. The second-order valence-corrected chi connectivity index (χ2v) is 7.85. The Morgan fingerprint density at radius 1 is 0.862 bits per heavy atom. The van der Waals surface area contributed by atoms with E-state index in [4.69, 9.17) is 0 Å². The SMILES string of the molecule is Cc1cc(CCNCCNc2ccccc2C(C)C)c(O)c(-c2ccccc2)c1. The second-order valence-electron chi connectivity index (χ2n) is 7.85. The van der Waals surface area contributed by atoms with Crippen LogP contribution in [0.3, 0.4) is 0 Å². The third kappa shape index (κ3) is 5.61. The van der Waals surface area contributed by atoms with Crippen LogP contribution in [0.1, 0.15) is 36.5 Å². The molecule has 0 amide bonds. The van der Waals surface area contributed by atoms with Crippen molar-refractivity contribution >= 4 is 5.69 Å². The molecule has 0 heterocycles. The van der Waals surface area contributed by atoms with E-state index in [0.29, 0.717) is 11.7 Å². The lowest BCUT2D eigenvalue weighted by molar-refractivity contribution is 0.469. The van der Waals surface area contributed by atoms with Crippen molar-refractivity contribution in [1.29, 1.82) is 0 Å². The molecule has 3 aromatic carbocycles. The highest BCUT2D eigenvalue weighted by Gasteiger charge is 2.10. The van der Waals surface area contributed by atoms with Crippen LogP contribution >= 0.6 is 0 Å². The third-order valence-electron chi connectivity index (χ3n) is 5.19. The summed E-state index contributed by atoms with van der Waals surface area (Å²) in [5.74, 6) is 0.905. The molecule has 0 bridgehead atoms. The van der Waals surface area contributed by atoms with E-state index in [2.05, 4.69) is 67.8 Å². The van der Waals surface area contributed by atoms with Gasteiger partial charge in [0.2, 0.25) is 0 Å². The fourth-order valence-electron chi connectivity index (χ4n) is 3.68. The normalized spacial score (nSPS) is 11.0. The standard InChI is InChI=1S/C26H32N2O/c1-19(2)23-11-7-8-12-25(23)28-16-15-27-14-13-22-17-20(3)18-24(26(22)29)21-9-5-4-6-10-21/h4-12,17-19,27-29H,13-16H2,1-3H3. The lowest BCUT2D eigenvalue weighted by atomic mass is 9.97. The van der Waals surface area contributed by atoms with Crippen molar-refractivity contribution in [3.8, 4) is 16.9 Å². The summed E-state index contributed by atoms with van der Waals surface area (Å²) in [6, 6.07) is 22.7. The Hall–Kier alpha value is -2.78. The first-order chi connectivity index (χ1) is 14.1. The molecule has 0 spiro atoms. The van der Waals surface area contributed by atoms with Gasteiger partial charge in [0.25, 0.3) is 0 Å². The van der Waals surface area contributed by atoms with E-state index in [1.54, 1.807) is 0 Å². The van der Waals surface area contributed by atoms with Crippen LogP contribution in [0.2, 0.25) is 0 Å². The summed E-state index contributed by atoms with van der Waals surface area (Å²) >= 11 is 0. The smallest absolute Gasteiger partial charge is 0.126 e. The van der Waals surface area contributed by atoms with Crippen LogP contribution in [0.4, 0.5) is 5.69 Å². The number of rotatable bonds is 9. The van der Waals surface area contributed by atoms with Gasteiger partial charge in [0.1, 0.15) is 5.75 Å². The predicted octanol–water partition coefficient (Wildman–Crippen LogP) is 5.74. The zero-order valence-electron chi connectivity index (χ0n) is 17.7. The zero-order chi connectivity index (χ0) is 20.6. The molecular formula is C26H32N2O. The van der Waals surface area contributed by atoms with Crippen molar-refractivity contribution < 1.29 is 5.11 Å². The van der Waals surface area contributed by atoms with E-state index in [-0.39, 0.29) is 0 Å². The molecular weight excluding hydrogens is 356 g/mol. The minimum Gasteiger partial charge on any atom is -0.507 e. The Balaban J connectivity index is 1.52. The highest BCUT2D eigenvalue weighted by atomic mass is 16.3. The fourth-order valence-corrected chi connectivity index (χ4v) is 3.68. The van der Waals surface area contributed by atoms with Gasteiger partial charge in [-0.05, 0) is 60.2 Å². The number of nitrogens with one attached hydrogen (secondary N) is 2. The molecule has 0 aliphatic heterocycles. The summed E-state index contributed by atoms with van der Waals surface area (Å²) in [6.07, 6.45) is 0.802. The van der Waals surface area contributed by atoms with Crippen molar-refractivity contribution in [3.05, 3.63) is 83.4 Å². The molecule has 3 rings (SSSR count). The average molecular weight is 389 g/mol. The molecule has 0 aliphatic carbocycles. The average Bonchev–Trinajstić information content (AvgIpc) is 2.73. The number of benzene rings is 3. The van der Waals surface area contributed by atoms with Crippen LogP contribution < -0.4 is 10.6 Å². The minimum atomic E-state index is 0.396. The maximum absolute atomic E-state index is 10.8. The molecule has 0 aromatic heterocycles. The molecule has 0 fully saturated rings. The van der Waals surface area contributed by atoms with Gasteiger partial charge in [0, 0.05) is 24.3 Å². The number of aromatic hydroxyl groups is 1. The van der Waals surface area contributed by atoms with Crippen molar-refractivity contribution in [1.82, 2.24) is 5.32 Å². The van der Waals surface area contributed by atoms with Gasteiger partial charge in [-0.3, -0.25) is 0 Å². The molecule has 0 atom stereocenters. The number of aryl methyl sites for hydroxylation is 1. The first-order valence-electron chi connectivity index (χ1n) is 10.5. The van der Waals surface area contributed by atoms with Crippen LogP contribution in [-0.2, 0) is 6.42 Å². The summed E-state index contributed by atoms with van der Waals surface area (Å²) in [5.41, 5.74) is 6.69. The van der Waals surface area contributed by atoms with Gasteiger partial charge in [0.15, 0.2) is 0 Å². The van der Waals surface area contributed by atoms with Crippen molar-refractivity contribution in [2.45, 2.75) is 33.1 Å². The Morgan fingerprint density at radius 3 is 2.34 bits per heavy atom. The quantitative estimate of drug-likeness (QED) is 0.410. The molecule has 0 saturated heterocycles. The number of phenolic OH excluding ortho intramolecular Hbond substituents is 1. The molecule has 0 radical (unpaired) electrons. The van der Waals surface area contributed by atoms with E-state index in [0.717, 1.165) is 42.7 Å². The van der Waals surface area contributed by atoms with Crippen LogP contribution in [0.5, 0.6) is 5.75 Å². The Morgan fingerprint density at radius 2 is 1.59 bits per heavy atom. The van der Waals surface area contributed by atoms with Gasteiger partial charge in [-0.2, -0.15) is 0 Å². The summed E-state index contributed by atoms with van der Waals surface area (Å²) in [5, 5.41) is 17.8. The van der Waals surface area contributed by atoms with Crippen LogP contribution in [0.15, 0.2) is 66.7 Å². The maximum Gasteiger partial charge on any atom is 0.126 e. The topological polar surface area (TPSA) is 44.3 Å². The molecule has 3 N–H and O–H groups in total. The highest BCUT2D eigenvalue weighted by Crippen LogP contribution is 2.33. The predicted molar refractivity (Wildman–Crippen MR) is 124 cm³/mol. The number of phenols is 1. The molecule has 3 aromatic rings. The Bertz CT molecular complexity index is 919. The van der Waals surface area contributed by atoms with Crippen molar-refractivity contribution in [3.63, 3.8) is 0 Å². The molecule has 0 saturated carbocycles. The zero-order valence-corrected chi connectivity index (χ0v) is 17.7. The molecule has 0 aliphatic rings. The lowest BCUT2D eigenvalue weighted by Gasteiger charge is -2.15. The largest absolute Gasteiger partial charge is 0.507 e. The lowest BCUT2D eigenvalue weighted by Crippen LogP contribution is -2.24. The van der Waals surface area contributed by atoms with Crippen LogP contribution in [0, 0.1) is 6.92 Å². The number of anilines is 1. The van der Waals surface area contributed by atoms with Crippen LogP contribution in [0.25, 0.3) is 11.1 Å². The van der Waals surface area contributed by atoms with Gasteiger partial charge >= 0.3 is 0 Å². The van der Waals surface area contributed by atoms with Crippen LogP contribution in [-0.4, -0.2) is 24.7 Å². The van der Waals surface area contributed by atoms with Gasteiger partial charge in [0.05, 0.1) is 0 Å². The molecule has 152 valence electrons. The fraction of sp³-hybridized carbons (Fsp3) is 0.308. The maximum atomic E-state index is 10.8. The summed E-state index contributed by atoms with van der Waals surface area (Å²) < 4.78 is 0.